The maximum absolute atomic E-state index is 13.9. The molecule has 2 heterocycles. The number of aromatic nitrogens is 2. The minimum Gasteiger partial charge on any atom is -0.334 e. The van der Waals surface area contributed by atoms with Gasteiger partial charge < -0.3 is 9.84 Å². The Kier molecular flexibility index (Phi) is 5.37. The van der Waals surface area contributed by atoms with Gasteiger partial charge in [0, 0.05) is 17.3 Å². The molecular formula is C25H17F3N4O2. The van der Waals surface area contributed by atoms with Crippen LogP contribution in [0.2, 0.25) is 0 Å². The molecule has 1 aliphatic rings. The summed E-state index contributed by atoms with van der Waals surface area (Å²) in [5, 5.41) is 6.83. The number of hydrogen-bond donors (Lipinski definition) is 1. The van der Waals surface area contributed by atoms with Crippen LogP contribution in [0.15, 0.2) is 83.0 Å². The van der Waals surface area contributed by atoms with Gasteiger partial charge in [0.15, 0.2) is 0 Å². The zero-order chi connectivity index (χ0) is 23.8. The fraction of sp³-hybridized carbons (Fsp3) is 0.0800. The molecule has 1 aromatic heterocycles. The van der Waals surface area contributed by atoms with Crippen molar-refractivity contribution in [2.45, 2.75) is 13.0 Å². The smallest absolute Gasteiger partial charge is 0.327 e. The maximum Gasteiger partial charge on any atom is 0.327 e. The molecule has 5 rings (SSSR count). The summed E-state index contributed by atoms with van der Waals surface area (Å²) in [5.41, 5.74) is 1.93. The summed E-state index contributed by atoms with van der Waals surface area (Å²) >= 11 is 0. The first-order valence-corrected chi connectivity index (χ1v) is 10.3. The number of hydrogen-bond acceptors (Lipinski definition) is 4. The number of nitrogens with one attached hydrogen (secondary N) is 1. The number of carbonyl (C=O) groups excluding carboxylic acids is 1. The number of urea groups is 1. The van der Waals surface area contributed by atoms with Crippen LogP contribution >= 0.6 is 0 Å². The van der Waals surface area contributed by atoms with Crippen molar-refractivity contribution in [2.24, 2.45) is 0 Å². The molecule has 0 saturated carbocycles. The van der Waals surface area contributed by atoms with Gasteiger partial charge in [-0.15, -0.1) is 0 Å². The molecule has 9 heteroatoms. The zero-order valence-corrected chi connectivity index (χ0v) is 17.8. The largest absolute Gasteiger partial charge is 0.334 e. The third-order valence-electron chi connectivity index (χ3n) is 5.46. The van der Waals surface area contributed by atoms with Crippen LogP contribution in [0.3, 0.4) is 0 Å². The molecule has 0 aliphatic carbocycles. The molecule has 1 unspecified atom stereocenters. The molecule has 0 saturated heterocycles. The molecular weight excluding hydrogens is 445 g/mol. The van der Waals surface area contributed by atoms with Crippen molar-refractivity contribution in [3.8, 4) is 11.4 Å². The Morgan fingerprint density at radius 3 is 2.35 bits per heavy atom. The van der Waals surface area contributed by atoms with Crippen LogP contribution < -0.4 is 10.2 Å². The van der Waals surface area contributed by atoms with Crippen molar-refractivity contribution >= 4 is 17.3 Å². The lowest BCUT2D eigenvalue weighted by atomic mass is 9.94. The van der Waals surface area contributed by atoms with Crippen molar-refractivity contribution in [3.63, 3.8) is 0 Å². The van der Waals surface area contributed by atoms with Gasteiger partial charge in [0.1, 0.15) is 17.5 Å². The quantitative estimate of drug-likeness (QED) is 0.413. The van der Waals surface area contributed by atoms with E-state index in [0.29, 0.717) is 16.8 Å². The van der Waals surface area contributed by atoms with Crippen LogP contribution in [0.1, 0.15) is 24.4 Å². The summed E-state index contributed by atoms with van der Waals surface area (Å²) < 4.78 is 47.1. The number of anilines is 1. The summed E-state index contributed by atoms with van der Waals surface area (Å²) in [6, 6.07) is 16.4. The van der Waals surface area contributed by atoms with Crippen molar-refractivity contribution in [3.05, 3.63) is 107 Å². The van der Waals surface area contributed by atoms with E-state index in [-0.39, 0.29) is 17.4 Å². The van der Waals surface area contributed by atoms with Gasteiger partial charge in [-0.2, -0.15) is 4.98 Å². The van der Waals surface area contributed by atoms with Gasteiger partial charge in [-0.3, -0.25) is 4.90 Å². The third-order valence-corrected chi connectivity index (χ3v) is 5.46. The SMILES string of the molecule is CC1=C(c2nc(-c3cccc(F)c3)no2)C(c2ccccc2)NC(=O)N1c1cc(F)cc(F)c1. The van der Waals surface area contributed by atoms with Crippen molar-refractivity contribution in [1.82, 2.24) is 15.5 Å². The molecule has 2 amide bonds. The predicted molar refractivity (Wildman–Crippen MR) is 119 cm³/mol. The van der Waals surface area contributed by atoms with E-state index in [1.54, 1.807) is 13.0 Å². The van der Waals surface area contributed by atoms with Gasteiger partial charge >= 0.3 is 6.03 Å². The zero-order valence-electron chi connectivity index (χ0n) is 17.8. The Hall–Kier alpha value is -4.40. The highest BCUT2D eigenvalue weighted by Gasteiger charge is 2.36. The summed E-state index contributed by atoms with van der Waals surface area (Å²) in [4.78, 5) is 18.7. The number of benzene rings is 3. The van der Waals surface area contributed by atoms with E-state index in [1.165, 1.54) is 18.2 Å². The van der Waals surface area contributed by atoms with Gasteiger partial charge in [0.05, 0.1) is 17.3 Å². The van der Waals surface area contributed by atoms with Gasteiger partial charge in [-0.25, -0.2) is 18.0 Å². The normalized spacial score (nSPS) is 16.1. The predicted octanol–water partition coefficient (Wildman–Crippen LogP) is 5.86. The summed E-state index contributed by atoms with van der Waals surface area (Å²) in [6.45, 7) is 1.62. The van der Waals surface area contributed by atoms with Gasteiger partial charge in [0.25, 0.3) is 5.89 Å². The van der Waals surface area contributed by atoms with E-state index in [4.69, 9.17) is 4.52 Å². The Bertz CT molecular complexity index is 1400. The molecule has 1 atom stereocenters. The van der Waals surface area contributed by atoms with E-state index in [1.807, 2.05) is 30.3 Å². The standard InChI is InChI=1S/C25H17F3N4O2/c1-14-21(24-30-23(31-34-24)16-8-5-9-17(26)10-16)22(15-6-3-2-4-7-15)29-25(33)32(14)20-12-18(27)11-19(28)13-20/h2-13,22H,1H3,(H,29,33). The highest BCUT2D eigenvalue weighted by Crippen LogP contribution is 2.39. The lowest BCUT2D eigenvalue weighted by Crippen LogP contribution is -2.46. The Labute approximate surface area is 192 Å². The summed E-state index contributed by atoms with van der Waals surface area (Å²) in [5.74, 6) is -1.87. The lowest BCUT2D eigenvalue weighted by molar-refractivity contribution is 0.244. The first-order valence-electron chi connectivity index (χ1n) is 10.3. The number of rotatable bonds is 4. The molecule has 6 nitrogen and oxygen atoms in total. The van der Waals surface area contributed by atoms with Crippen molar-refractivity contribution in [1.29, 1.82) is 0 Å². The lowest BCUT2D eigenvalue weighted by Gasteiger charge is -2.35. The second-order valence-corrected chi connectivity index (χ2v) is 7.69. The Morgan fingerprint density at radius 1 is 0.912 bits per heavy atom. The fourth-order valence-electron chi connectivity index (χ4n) is 3.97. The maximum atomic E-state index is 13.9. The van der Waals surface area contributed by atoms with E-state index in [2.05, 4.69) is 15.5 Å². The number of halogens is 3. The molecule has 34 heavy (non-hydrogen) atoms. The van der Waals surface area contributed by atoms with E-state index in [9.17, 15) is 18.0 Å². The van der Waals surface area contributed by atoms with Gasteiger partial charge in [0.2, 0.25) is 5.82 Å². The second-order valence-electron chi connectivity index (χ2n) is 7.69. The molecule has 170 valence electrons. The van der Waals surface area contributed by atoms with Crippen LogP contribution in [-0.2, 0) is 0 Å². The minimum absolute atomic E-state index is 0.00128. The van der Waals surface area contributed by atoms with Gasteiger partial charge in [-0.05, 0) is 36.8 Å². The summed E-state index contributed by atoms with van der Waals surface area (Å²) in [7, 11) is 0. The molecule has 0 fully saturated rings. The minimum atomic E-state index is -0.825. The Balaban J connectivity index is 1.67. The van der Waals surface area contributed by atoms with E-state index in [0.717, 1.165) is 28.7 Å². The van der Waals surface area contributed by atoms with Crippen LogP contribution in [-0.4, -0.2) is 16.2 Å². The number of amides is 2. The van der Waals surface area contributed by atoms with Crippen molar-refractivity contribution < 1.29 is 22.5 Å². The molecule has 0 spiro atoms. The van der Waals surface area contributed by atoms with Gasteiger partial charge in [-0.1, -0.05) is 47.6 Å². The van der Waals surface area contributed by atoms with Crippen LogP contribution in [0, 0.1) is 17.5 Å². The average molecular weight is 462 g/mol. The topological polar surface area (TPSA) is 71.3 Å². The molecule has 1 N–H and O–H groups in total. The first kappa shape index (κ1) is 21.4. The van der Waals surface area contributed by atoms with Crippen LogP contribution in [0.4, 0.5) is 23.7 Å². The van der Waals surface area contributed by atoms with Crippen LogP contribution in [0.25, 0.3) is 17.0 Å². The third kappa shape index (κ3) is 3.92. The molecule has 0 bridgehead atoms. The average Bonchev–Trinajstić information content (AvgIpc) is 3.28. The highest BCUT2D eigenvalue weighted by molar-refractivity contribution is 6.01. The number of nitrogens with zero attached hydrogens (tertiary/aromatic N) is 3. The highest BCUT2D eigenvalue weighted by atomic mass is 19.1. The van der Waals surface area contributed by atoms with E-state index < -0.39 is 29.5 Å². The first-order chi connectivity index (χ1) is 16.4. The summed E-state index contributed by atoms with van der Waals surface area (Å²) in [6.07, 6.45) is 0. The fourth-order valence-corrected chi connectivity index (χ4v) is 3.97. The van der Waals surface area contributed by atoms with Crippen molar-refractivity contribution in [2.75, 3.05) is 4.90 Å². The molecule has 1 aliphatic heterocycles. The molecule has 3 aromatic carbocycles. The molecule has 0 radical (unpaired) electrons. The van der Waals surface area contributed by atoms with E-state index >= 15 is 0 Å². The van der Waals surface area contributed by atoms with Crippen LogP contribution in [0.5, 0.6) is 0 Å². The monoisotopic (exact) mass is 462 g/mol. The second kappa shape index (κ2) is 8.51. The molecule has 4 aromatic rings. The number of allylic oxidation sites excluding steroid dienone is 1. The number of carbonyl (C=O) groups is 1. The Morgan fingerprint density at radius 2 is 1.65 bits per heavy atom.